The first kappa shape index (κ1) is 12.1. The number of nitrogens with one attached hydrogen (secondary N) is 1. The molecule has 0 spiro atoms. The largest absolute Gasteiger partial charge is 0.393 e. The average Bonchev–Trinajstić information content (AvgIpc) is 2.85. The number of aromatic amines is 1. The molecule has 7 heteroatoms. The molecule has 2 unspecified atom stereocenters. The van der Waals surface area contributed by atoms with Crippen LogP contribution in [0.25, 0.3) is 11.2 Å². The van der Waals surface area contributed by atoms with Gasteiger partial charge in [0.15, 0.2) is 11.5 Å². The summed E-state index contributed by atoms with van der Waals surface area (Å²) in [5.41, 5.74) is 7.10. The summed E-state index contributed by atoms with van der Waals surface area (Å²) in [6, 6.07) is 0. The Labute approximate surface area is 104 Å². The summed E-state index contributed by atoms with van der Waals surface area (Å²) in [6.45, 7) is 0. The van der Waals surface area contributed by atoms with Crippen LogP contribution in [0.2, 0.25) is 0 Å². The second-order valence-corrected chi connectivity index (χ2v) is 4.23. The van der Waals surface area contributed by atoms with Crippen molar-refractivity contribution in [1.29, 1.82) is 0 Å². The SMILES string of the molecule is Cl.Nc1nc(C2CCC(O)C2)nc2nc[nH]c12. The quantitative estimate of drug-likeness (QED) is 0.705. The van der Waals surface area contributed by atoms with Crippen LogP contribution in [0, 0.1) is 0 Å². The number of hydrogen-bond acceptors (Lipinski definition) is 5. The van der Waals surface area contributed by atoms with Crippen molar-refractivity contribution < 1.29 is 5.11 Å². The van der Waals surface area contributed by atoms with Crippen molar-refractivity contribution in [2.75, 3.05) is 5.73 Å². The summed E-state index contributed by atoms with van der Waals surface area (Å²) in [5.74, 6) is 1.34. The first-order valence-corrected chi connectivity index (χ1v) is 5.38. The topological polar surface area (TPSA) is 101 Å². The Morgan fingerprint density at radius 2 is 2.18 bits per heavy atom. The van der Waals surface area contributed by atoms with E-state index in [0.29, 0.717) is 22.8 Å². The van der Waals surface area contributed by atoms with E-state index in [0.717, 1.165) is 19.3 Å². The van der Waals surface area contributed by atoms with E-state index >= 15 is 0 Å². The molecular formula is C10H14ClN5O. The standard InChI is InChI=1S/C10H13N5O.ClH/c11-8-7-10(13-4-12-7)15-9(14-8)5-1-2-6(16)3-5;/h4-6,16H,1-3H2,(H3,11,12,13,14,15);1H. The molecule has 0 bridgehead atoms. The molecular weight excluding hydrogens is 242 g/mol. The van der Waals surface area contributed by atoms with Crippen LogP contribution >= 0.6 is 12.4 Å². The van der Waals surface area contributed by atoms with Crippen molar-refractivity contribution in [3.63, 3.8) is 0 Å². The van der Waals surface area contributed by atoms with E-state index in [2.05, 4.69) is 19.9 Å². The number of hydrogen-bond donors (Lipinski definition) is 3. The van der Waals surface area contributed by atoms with Crippen LogP contribution in [0.4, 0.5) is 5.82 Å². The van der Waals surface area contributed by atoms with Gasteiger partial charge in [0.2, 0.25) is 0 Å². The van der Waals surface area contributed by atoms with E-state index in [-0.39, 0.29) is 24.4 Å². The first-order valence-electron chi connectivity index (χ1n) is 5.38. The minimum Gasteiger partial charge on any atom is -0.393 e. The normalized spacial score (nSPS) is 23.8. The van der Waals surface area contributed by atoms with Crippen molar-refractivity contribution in [3.8, 4) is 0 Å². The molecule has 2 aromatic heterocycles. The number of aromatic nitrogens is 4. The van der Waals surface area contributed by atoms with Crippen molar-refractivity contribution in [1.82, 2.24) is 19.9 Å². The second kappa shape index (κ2) is 4.46. The van der Waals surface area contributed by atoms with Gasteiger partial charge < -0.3 is 15.8 Å². The summed E-state index contributed by atoms with van der Waals surface area (Å²) in [5, 5.41) is 9.49. The molecule has 0 amide bonds. The molecule has 1 aliphatic rings. The lowest BCUT2D eigenvalue weighted by atomic mass is 10.1. The number of anilines is 1. The lowest BCUT2D eigenvalue weighted by Crippen LogP contribution is -2.06. The zero-order valence-corrected chi connectivity index (χ0v) is 9.94. The molecule has 92 valence electrons. The Balaban J connectivity index is 0.00000108. The Morgan fingerprint density at radius 1 is 1.35 bits per heavy atom. The summed E-state index contributed by atoms with van der Waals surface area (Å²) in [7, 11) is 0. The van der Waals surface area contributed by atoms with Gasteiger partial charge in [-0.1, -0.05) is 0 Å². The predicted octanol–water partition coefficient (Wildman–Crippen LogP) is 0.985. The molecule has 0 aromatic carbocycles. The number of nitrogen functional groups attached to an aromatic ring is 1. The molecule has 2 aromatic rings. The van der Waals surface area contributed by atoms with Crippen LogP contribution in [-0.4, -0.2) is 31.1 Å². The zero-order chi connectivity index (χ0) is 11.1. The number of fused-ring (bicyclic) bond motifs is 1. The number of H-pyrrole nitrogens is 1. The van der Waals surface area contributed by atoms with Crippen molar-refractivity contribution >= 4 is 29.4 Å². The lowest BCUT2D eigenvalue weighted by molar-refractivity contribution is 0.181. The Hall–Kier alpha value is -1.40. The van der Waals surface area contributed by atoms with Gasteiger partial charge in [0.05, 0.1) is 12.4 Å². The van der Waals surface area contributed by atoms with Gasteiger partial charge >= 0.3 is 0 Å². The van der Waals surface area contributed by atoms with E-state index in [4.69, 9.17) is 5.73 Å². The molecule has 6 nitrogen and oxygen atoms in total. The van der Waals surface area contributed by atoms with Gasteiger partial charge in [-0.15, -0.1) is 12.4 Å². The fraction of sp³-hybridized carbons (Fsp3) is 0.500. The van der Waals surface area contributed by atoms with E-state index in [1.807, 2.05) is 0 Å². The molecule has 1 saturated carbocycles. The summed E-state index contributed by atoms with van der Waals surface area (Å²) >= 11 is 0. The number of aliphatic hydroxyl groups excluding tert-OH is 1. The summed E-state index contributed by atoms with van der Waals surface area (Å²) < 4.78 is 0. The zero-order valence-electron chi connectivity index (χ0n) is 9.13. The highest BCUT2D eigenvalue weighted by Crippen LogP contribution is 2.33. The number of aliphatic hydroxyl groups is 1. The highest BCUT2D eigenvalue weighted by atomic mass is 35.5. The third-order valence-corrected chi connectivity index (χ3v) is 3.10. The number of imidazole rings is 1. The molecule has 17 heavy (non-hydrogen) atoms. The number of rotatable bonds is 1. The monoisotopic (exact) mass is 255 g/mol. The van der Waals surface area contributed by atoms with Crippen LogP contribution in [0.5, 0.6) is 0 Å². The Morgan fingerprint density at radius 3 is 2.88 bits per heavy atom. The van der Waals surface area contributed by atoms with Crippen LogP contribution in [0.3, 0.4) is 0 Å². The van der Waals surface area contributed by atoms with Gasteiger partial charge in [0.25, 0.3) is 0 Å². The number of halogens is 1. The van der Waals surface area contributed by atoms with Crippen LogP contribution in [0.15, 0.2) is 6.33 Å². The molecule has 0 saturated heterocycles. The first-order chi connectivity index (χ1) is 7.74. The maximum atomic E-state index is 9.49. The maximum Gasteiger partial charge on any atom is 0.183 e. The summed E-state index contributed by atoms with van der Waals surface area (Å²) in [4.78, 5) is 15.6. The third-order valence-electron chi connectivity index (χ3n) is 3.10. The van der Waals surface area contributed by atoms with Gasteiger partial charge in [-0.05, 0) is 19.3 Å². The van der Waals surface area contributed by atoms with Crippen LogP contribution in [-0.2, 0) is 0 Å². The predicted molar refractivity (Wildman–Crippen MR) is 65.9 cm³/mol. The molecule has 1 fully saturated rings. The van der Waals surface area contributed by atoms with Gasteiger partial charge in [0.1, 0.15) is 11.3 Å². The number of nitrogens with zero attached hydrogens (tertiary/aromatic N) is 3. The molecule has 2 heterocycles. The molecule has 4 N–H and O–H groups in total. The van der Waals surface area contributed by atoms with Crippen molar-refractivity contribution in [3.05, 3.63) is 12.2 Å². The smallest absolute Gasteiger partial charge is 0.183 e. The van der Waals surface area contributed by atoms with Crippen molar-refractivity contribution in [2.45, 2.75) is 31.3 Å². The average molecular weight is 256 g/mol. The van der Waals surface area contributed by atoms with Gasteiger partial charge in [-0.3, -0.25) is 0 Å². The fourth-order valence-electron chi connectivity index (χ4n) is 2.25. The minimum absolute atomic E-state index is 0. The Bertz CT molecular complexity index is 528. The third kappa shape index (κ3) is 2.05. The van der Waals surface area contributed by atoms with Crippen molar-refractivity contribution in [2.24, 2.45) is 0 Å². The molecule has 1 aliphatic carbocycles. The lowest BCUT2D eigenvalue weighted by Gasteiger charge is -2.08. The van der Waals surface area contributed by atoms with E-state index in [1.165, 1.54) is 0 Å². The van der Waals surface area contributed by atoms with Crippen LogP contribution in [0.1, 0.15) is 31.0 Å². The second-order valence-electron chi connectivity index (χ2n) is 4.23. The molecule has 0 aliphatic heterocycles. The highest BCUT2D eigenvalue weighted by molar-refractivity contribution is 5.85. The van der Waals surface area contributed by atoms with Crippen LogP contribution < -0.4 is 5.73 Å². The minimum atomic E-state index is -0.232. The van der Waals surface area contributed by atoms with Gasteiger partial charge in [-0.2, -0.15) is 0 Å². The highest BCUT2D eigenvalue weighted by Gasteiger charge is 2.27. The van der Waals surface area contributed by atoms with E-state index in [1.54, 1.807) is 6.33 Å². The maximum absolute atomic E-state index is 9.49. The molecule has 0 radical (unpaired) electrons. The van der Waals surface area contributed by atoms with E-state index in [9.17, 15) is 5.11 Å². The van der Waals surface area contributed by atoms with Gasteiger partial charge in [0, 0.05) is 5.92 Å². The van der Waals surface area contributed by atoms with E-state index < -0.39 is 0 Å². The van der Waals surface area contributed by atoms with Gasteiger partial charge in [-0.25, -0.2) is 15.0 Å². The molecule has 3 rings (SSSR count). The number of nitrogens with two attached hydrogens (primary N) is 1. The molecule has 2 atom stereocenters. The summed E-state index contributed by atoms with van der Waals surface area (Å²) in [6.07, 6.45) is 3.77. The fourth-order valence-corrected chi connectivity index (χ4v) is 2.25. The Kier molecular flexibility index (Phi) is 3.17.